The van der Waals surface area contributed by atoms with Gasteiger partial charge in [0, 0.05) is 11.4 Å². The summed E-state index contributed by atoms with van der Waals surface area (Å²) >= 11 is 8.97. The summed E-state index contributed by atoms with van der Waals surface area (Å²) in [5, 5.41) is 8.69. The van der Waals surface area contributed by atoms with Gasteiger partial charge in [0.05, 0.1) is 17.3 Å². The second kappa shape index (κ2) is 6.03. The molecule has 0 saturated heterocycles. The van der Waals surface area contributed by atoms with Crippen molar-refractivity contribution >= 4 is 33.3 Å². The topological polar surface area (TPSA) is 40.9 Å². The number of rotatable bonds is 4. The van der Waals surface area contributed by atoms with E-state index in [9.17, 15) is 4.79 Å². The minimum absolute atomic E-state index is 0.0165. The Labute approximate surface area is 108 Å². The molecule has 84 valence electrons. The van der Waals surface area contributed by atoms with Gasteiger partial charge in [-0.05, 0) is 24.1 Å². The summed E-state index contributed by atoms with van der Waals surface area (Å²) < 4.78 is 0. The maximum atomic E-state index is 11.9. The summed E-state index contributed by atoms with van der Waals surface area (Å²) in [5.41, 5.74) is 2.23. The molecule has 0 saturated carbocycles. The summed E-state index contributed by atoms with van der Waals surface area (Å²) in [4.78, 5) is 11.7. The minimum Gasteiger partial charge on any atom is -0.293 e. The lowest BCUT2D eigenvalue weighted by molar-refractivity contribution is 0.0995. The van der Waals surface area contributed by atoms with Gasteiger partial charge in [0.1, 0.15) is 0 Å². The van der Waals surface area contributed by atoms with E-state index in [1.165, 1.54) is 0 Å². The highest BCUT2D eigenvalue weighted by atomic mass is 79.9. The van der Waals surface area contributed by atoms with Gasteiger partial charge in [0.25, 0.3) is 0 Å². The van der Waals surface area contributed by atoms with Crippen LogP contribution >= 0.6 is 27.5 Å². The molecule has 1 unspecified atom stereocenters. The van der Waals surface area contributed by atoms with Crippen molar-refractivity contribution in [2.24, 2.45) is 0 Å². The highest BCUT2D eigenvalue weighted by molar-refractivity contribution is 9.10. The predicted octanol–water partition coefficient (Wildman–Crippen LogP) is 3.46. The summed E-state index contributed by atoms with van der Waals surface area (Å²) in [7, 11) is 0. The quantitative estimate of drug-likeness (QED) is 0.631. The smallest absolute Gasteiger partial charge is 0.176 e. The second-order valence-corrected chi connectivity index (χ2v) is 5.08. The first-order valence-electron chi connectivity index (χ1n) is 4.83. The Kier molecular flexibility index (Phi) is 4.98. The monoisotopic (exact) mass is 299 g/mol. The third-order valence-corrected chi connectivity index (χ3v) is 2.95. The van der Waals surface area contributed by atoms with Crippen molar-refractivity contribution in [1.29, 1.82) is 5.26 Å². The lowest BCUT2D eigenvalue weighted by Gasteiger charge is -2.09. The summed E-state index contributed by atoms with van der Waals surface area (Å²) in [6.07, 6.45) is 0.239. The van der Waals surface area contributed by atoms with Crippen LogP contribution in [-0.4, -0.2) is 10.6 Å². The van der Waals surface area contributed by atoms with Gasteiger partial charge in [0.15, 0.2) is 5.78 Å². The lowest BCUT2D eigenvalue weighted by Crippen LogP contribution is -2.13. The standard InChI is InChI=1S/C12H11BrClNO/c1-8(13)12(16)11-6-9(7-14)2-3-10(11)4-5-15/h2-3,6,8H,4,7H2,1H3. The minimum atomic E-state index is -0.254. The molecule has 16 heavy (non-hydrogen) atoms. The van der Waals surface area contributed by atoms with E-state index < -0.39 is 0 Å². The van der Waals surface area contributed by atoms with Gasteiger partial charge in [-0.15, -0.1) is 11.6 Å². The van der Waals surface area contributed by atoms with Crippen LogP contribution in [0.25, 0.3) is 0 Å². The Balaban J connectivity index is 3.20. The molecule has 1 aromatic carbocycles. The number of carbonyl (C=O) groups is 1. The highest BCUT2D eigenvalue weighted by Crippen LogP contribution is 2.18. The molecule has 1 atom stereocenters. The van der Waals surface area contributed by atoms with Gasteiger partial charge in [-0.1, -0.05) is 28.1 Å². The molecule has 1 aromatic rings. The number of hydrogen-bond donors (Lipinski definition) is 0. The zero-order valence-corrected chi connectivity index (χ0v) is 11.2. The third kappa shape index (κ3) is 3.07. The third-order valence-electron chi connectivity index (χ3n) is 2.22. The average Bonchev–Trinajstić information content (AvgIpc) is 2.29. The molecule has 0 aromatic heterocycles. The lowest BCUT2D eigenvalue weighted by atomic mass is 9.98. The van der Waals surface area contributed by atoms with E-state index in [0.717, 1.165) is 11.1 Å². The maximum absolute atomic E-state index is 11.9. The zero-order valence-electron chi connectivity index (χ0n) is 8.84. The van der Waals surface area contributed by atoms with E-state index in [4.69, 9.17) is 16.9 Å². The van der Waals surface area contributed by atoms with Gasteiger partial charge in [-0.3, -0.25) is 4.79 Å². The van der Waals surface area contributed by atoms with E-state index in [0.29, 0.717) is 11.4 Å². The molecule has 0 aliphatic heterocycles. The summed E-state index contributed by atoms with van der Waals surface area (Å²) in [5.74, 6) is 0.348. The number of alkyl halides is 2. The van der Waals surface area contributed by atoms with Gasteiger partial charge in [-0.2, -0.15) is 5.26 Å². The molecular weight excluding hydrogens is 289 g/mol. The Morgan fingerprint density at radius 2 is 2.31 bits per heavy atom. The molecular formula is C12H11BrClNO. The normalized spacial score (nSPS) is 11.9. The fourth-order valence-corrected chi connectivity index (χ4v) is 1.80. The number of carbonyl (C=O) groups excluding carboxylic acids is 1. The number of Topliss-reactive ketones (excluding diaryl/α,β-unsaturated/α-hetero) is 1. The number of nitriles is 1. The number of ketones is 1. The van der Waals surface area contributed by atoms with E-state index >= 15 is 0 Å². The van der Waals surface area contributed by atoms with Crippen LogP contribution in [0.5, 0.6) is 0 Å². The summed E-state index contributed by atoms with van der Waals surface area (Å²) in [6, 6.07) is 7.46. The van der Waals surface area contributed by atoms with Crippen LogP contribution in [0.4, 0.5) is 0 Å². The Hall–Kier alpha value is -0.850. The van der Waals surface area contributed by atoms with Crippen molar-refractivity contribution in [2.75, 3.05) is 0 Å². The van der Waals surface area contributed by atoms with Crippen molar-refractivity contribution in [3.05, 3.63) is 34.9 Å². The zero-order chi connectivity index (χ0) is 12.1. The predicted molar refractivity (Wildman–Crippen MR) is 68.0 cm³/mol. The van der Waals surface area contributed by atoms with Crippen LogP contribution in [0.15, 0.2) is 18.2 Å². The highest BCUT2D eigenvalue weighted by Gasteiger charge is 2.16. The fraction of sp³-hybridized carbons (Fsp3) is 0.333. The molecule has 0 fully saturated rings. The molecule has 0 bridgehead atoms. The first-order chi connectivity index (χ1) is 7.60. The Bertz CT molecular complexity index is 437. The molecule has 0 amide bonds. The van der Waals surface area contributed by atoms with E-state index in [-0.39, 0.29) is 17.0 Å². The second-order valence-electron chi connectivity index (χ2n) is 3.44. The molecule has 0 N–H and O–H groups in total. The molecule has 0 aliphatic rings. The van der Waals surface area contributed by atoms with Crippen LogP contribution in [-0.2, 0) is 12.3 Å². The SMILES string of the molecule is CC(Br)C(=O)c1cc(CCl)ccc1CC#N. The van der Waals surface area contributed by atoms with Gasteiger partial charge >= 0.3 is 0 Å². The molecule has 2 nitrogen and oxygen atoms in total. The van der Waals surface area contributed by atoms with Crippen LogP contribution in [0.1, 0.15) is 28.4 Å². The van der Waals surface area contributed by atoms with Crippen molar-refractivity contribution in [1.82, 2.24) is 0 Å². The van der Waals surface area contributed by atoms with Gasteiger partial charge in [-0.25, -0.2) is 0 Å². The van der Waals surface area contributed by atoms with E-state index in [1.807, 2.05) is 6.07 Å². The van der Waals surface area contributed by atoms with E-state index in [1.54, 1.807) is 19.1 Å². The summed E-state index contributed by atoms with van der Waals surface area (Å²) in [6.45, 7) is 1.77. The molecule has 4 heteroatoms. The van der Waals surface area contributed by atoms with Crippen molar-refractivity contribution in [2.45, 2.75) is 24.1 Å². The first kappa shape index (κ1) is 13.2. The van der Waals surface area contributed by atoms with Crippen molar-refractivity contribution in [3.63, 3.8) is 0 Å². The van der Waals surface area contributed by atoms with Crippen molar-refractivity contribution < 1.29 is 4.79 Å². The van der Waals surface area contributed by atoms with Crippen LogP contribution in [0.3, 0.4) is 0 Å². The molecule has 0 spiro atoms. The Morgan fingerprint density at radius 1 is 1.62 bits per heavy atom. The number of nitrogens with zero attached hydrogens (tertiary/aromatic N) is 1. The van der Waals surface area contributed by atoms with Crippen molar-refractivity contribution in [3.8, 4) is 6.07 Å². The Morgan fingerprint density at radius 3 is 2.81 bits per heavy atom. The van der Waals surface area contributed by atoms with Gasteiger partial charge in [0.2, 0.25) is 0 Å². The van der Waals surface area contributed by atoms with E-state index in [2.05, 4.69) is 22.0 Å². The maximum Gasteiger partial charge on any atom is 0.176 e. The average molecular weight is 301 g/mol. The number of halogens is 2. The molecule has 0 aliphatic carbocycles. The number of hydrogen-bond acceptors (Lipinski definition) is 2. The molecule has 0 radical (unpaired) electrons. The number of benzene rings is 1. The largest absolute Gasteiger partial charge is 0.293 e. The van der Waals surface area contributed by atoms with Crippen LogP contribution in [0, 0.1) is 11.3 Å². The molecule has 1 rings (SSSR count). The fourth-order valence-electron chi connectivity index (χ4n) is 1.39. The van der Waals surface area contributed by atoms with Gasteiger partial charge < -0.3 is 0 Å². The van der Waals surface area contributed by atoms with Crippen LogP contribution < -0.4 is 0 Å². The first-order valence-corrected chi connectivity index (χ1v) is 6.28. The molecule has 0 heterocycles. The van der Waals surface area contributed by atoms with Crippen LogP contribution in [0.2, 0.25) is 0 Å².